The highest BCUT2D eigenvalue weighted by Gasteiger charge is 2.35. The minimum Gasteiger partial charge on any atom is -0.228 e. The molecule has 0 aliphatic heterocycles. The zero-order chi connectivity index (χ0) is 36.9. The summed E-state index contributed by atoms with van der Waals surface area (Å²) in [6, 6.07) is 69.6. The van der Waals surface area contributed by atoms with Crippen molar-refractivity contribution < 1.29 is 0 Å². The molecule has 9 aromatic rings. The van der Waals surface area contributed by atoms with E-state index in [1.807, 2.05) is 18.2 Å². The lowest BCUT2D eigenvalue weighted by Gasteiger charge is -2.21. The van der Waals surface area contributed by atoms with Gasteiger partial charge in [-0.2, -0.15) is 0 Å². The van der Waals surface area contributed by atoms with E-state index >= 15 is 0 Å². The summed E-state index contributed by atoms with van der Waals surface area (Å²) < 4.78 is 0. The predicted molar refractivity (Wildman–Crippen MR) is 230 cm³/mol. The molecule has 1 aliphatic rings. The van der Waals surface area contributed by atoms with Crippen LogP contribution in [0.3, 0.4) is 0 Å². The Morgan fingerprint density at radius 3 is 1.53 bits per heavy atom. The normalized spacial score (nSPS) is 12.7. The van der Waals surface area contributed by atoms with E-state index in [4.69, 9.17) is 9.97 Å². The summed E-state index contributed by atoms with van der Waals surface area (Å²) in [7, 11) is 0. The van der Waals surface area contributed by atoms with Gasteiger partial charge in [-0.15, -0.1) is 0 Å². The lowest BCUT2D eigenvalue weighted by Crippen LogP contribution is -2.14. The first-order valence-electron chi connectivity index (χ1n) is 19.0. The fraction of sp³-hybridized carbons (Fsp3) is 0.0566. The first kappa shape index (κ1) is 32.7. The van der Waals surface area contributed by atoms with Gasteiger partial charge in [0.2, 0.25) is 0 Å². The third-order valence-electron chi connectivity index (χ3n) is 11.4. The van der Waals surface area contributed by atoms with Gasteiger partial charge in [-0.05, 0) is 78.5 Å². The van der Waals surface area contributed by atoms with Crippen molar-refractivity contribution in [1.82, 2.24) is 9.97 Å². The maximum atomic E-state index is 5.24. The molecule has 0 bridgehead atoms. The molecule has 0 N–H and O–H groups in total. The van der Waals surface area contributed by atoms with Crippen molar-refractivity contribution in [1.29, 1.82) is 0 Å². The van der Waals surface area contributed by atoms with Gasteiger partial charge in [0, 0.05) is 22.1 Å². The van der Waals surface area contributed by atoms with Crippen LogP contribution >= 0.6 is 0 Å². The minimum absolute atomic E-state index is 0.00461. The third-order valence-corrected chi connectivity index (χ3v) is 11.4. The topological polar surface area (TPSA) is 25.8 Å². The average Bonchev–Trinajstić information content (AvgIpc) is 3.49. The molecular weight excluding hydrogens is 665 g/mol. The number of hydrogen-bond acceptors (Lipinski definition) is 2. The van der Waals surface area contributed by atoms with Gasteiger partial charge in [0.25, 0.3) is 0 Å². The molecule has 0 saturated carbocycles. The van der Waals surface area contributed by atoms with Crippen LogP contribution in [-0.2, 0) is 5.41 Å². The fourth-order valence-electron chi connectivity index (χ4n) is 8.53. The van der Waals surface area contributed by atoms with Crippen LogP contribution in [0.1, 0.15) is 25.0 Å². The molecule has 0 saturated heterocycles. The molecule has 2 nitrogen and oxygen atoms in total. The van der Waals surface area contributed by atoms with Crippen molar-refractivity contribution in [3.63, 3.8) is 0 Å². The molecule has 10 rings (SSSR count). The molecule has 0 atom stereocenters. The van der Waals surface area contributed by atoms with Gasteiger partial charge in [-0.3, -0.25) is 0 Å². The van der Waals surface area contributed by atoms with Gasteiger partial charge < -0.3 is 0 Å². The number of fused-ring (bicyclic) bond motifs is 4. The Bertz CT molecular complexity index is 2870. The fourth-order valence-corrected chi connectivity index (χ4v) is 8.53. The van der Waals surface area contributed by atoms with Crippen molar-refractivity contribution in [2.24, 2.45) is 0 Å². The SMILES string of the molecule is CC1(C)c2ccccc2-c2cc(-c3ccc(-c4ccc(-c5cc(-c6ccccc6-c6ccccc6)nc(-c6ccccc6)n5)c5ccccc45)cc3)ccc21. The lowest BCUT2D eigenvalue weighted by atomic mass is 9.82. The highest BCUT2D eigenvalue weighted by Crippen LogP contribution is 2.49. The molecule has 1 aromatic heterocycles. The average molecular weight is 703 g/mol. The van der Waals surface area contributed by atoms with Gasteiger partial charge in [0.05, 0.1) is 11.4 Å². The monoisotopic (exact) mass is 702 g/mol. The van der Waals surface area contributed by atoms with Crippen LogP contribution < -0.4 is 0 Å². The highest BCUT2D eigenvalue weighted by molar-refractivity contribution is 6.05. The predicted octanol–water partition coefficient (Wildman–Crippen LogP) is 13.9. The second kappa shape index (κ2) is 13.2. The van der Waals surface area contributed by atoms with E-state index in [0.717, 1.165) is 44.6 Å². The largest absolute Gasteiger partial charge is 0.228 e. The van der Waals surface area contributed by atoms with E-state index in [2.05, 4.69) is 190 Å². The lowest BCUT2D eigenvalue weighted by molar-refractivity contribution is 0.660. The van der Waals surface area contributed by atoms with Crippen LogP contribution in [0.4, 0.5) is 0 Å². The molecule has 0 amide bonds. The molecule has 0 spiro atoms. The van der Waals surface area contributed by atoms with Gasteiger partial charge >= 0.3 is 0 Å². The Labute approximate surface area is 322 Å². The van der Waals surface area contributed by atoms with Gasteiger partial charge in [-0.1, -0.05) is 196 Å². The highest BCUT2D eigenvalue weighted by atomic mass is 14.9. The molecular formula is C53H38N2. The number of hydrogen-bond donors (Lipinski definition) is 0. The summed E-state index contributed by atoms with van der Waals surface area (Å²) in [4.78, 5) is 10.4. The summed E-state index contributed by atoms with van der Waals surface area (Å²) >= 11 is 0. The Kier molecular flexibility index (Phi) is 7.85. The molecule has 1 heterocycles. The molecule has 260 valence electrons. The second-order valence-corrected chi connectivity index (χ2v) is 15.0. The van der Waals surface area contributed by atoms with E-state index in [1.165, 1.54) is 49.9 Å². The summed E-state index contributed by atoms with van der Waals surface area (Å²) in [5.74, 6) is 0.707. The van der Waals surface area contributed by atoms with Crippen LogP contribution in [-0.4, -0.2) is 9.97 Å². The van der Waals surface area contributed by atoms with Gasteiger partial charge in [-0.25, -0.2) is 9.97 Å². The first-order valence-corrected chi connectivity index (χ1v) is 19.0. The number of aromatic nitrogens is 2. The molecule has 0 radical (unpaired) electrons. The van der Waals surface area contributed by atoms with E-state index in [-0.39, 0.29) is 5.41 Å². The minimum atomic E-state index is 0.00461. The quantitative estimate of drug-likeness (QED) is 0.172. The third kappa shape index (κ3) is 5.66. The molecule has 0 unspecified atom stereocenters. The van der Waals surface area contributed by atoms with Crippen molar-refractivity contribution in [2.45, 2.75) is 19.3 Å². The van der Waals surface area contributed by atoms with Gasteiger partial charge in [0.15, 0.2) is 5.82 Å². The van der Waals surface area contributed by atoms with E-state index in [1.54, 1.807) is 0 Å². The maximum absolute atomic E-state index is 5.24. The van der Waals surface area contributed by atoms with E-state index < -0.39 is 0 Å². The Balaban J connectivity index is 1.06. The molecule has 2 heteroatoms. The zero-order valence-electron chi connectivity index (χ0n) is 30.9. The number of benzene rings is 8. The molecule has 0 fully saturated rings. The van der Waals surface area contributed by atoms with E-state index in [9.17, 15) is 0 Å². The Morgan fingerprint density at radius 2 is 0.800 bits per heavy atom. The van der Waals surface area contributed by atoms with Crippen molar-refractivity contribution in [2.75, 3.05) is 0 Å². The van der Waals surface area contributed by atoms with Gasteiger partial charge in [0.1, 0.15) is 0 Å². The number of nitrogens with zero attached hydrogens (tertiary/aromatic N) is 2. The summed E-state index contributed by atoms with van der Waals surface area (Å²) in [5, 5.41) is 2.35. The van der Waals surface area contributed by atoms with Crippen LogP contribution in [0, 0.1) is 0 Å². The van der Waals surface area contributed by atoms with Crippen molar-refractivity contribution in [3.05, 3.63) is 205 Å². The standard InChI is InChI=1S/C53H38N2/c1-53(2)48-24-14-13-22-44(48)47-33-39(29-32-49(47)53)35-25-27-37(28-26-35)41-30-31-46(43-21-11-10-20-42(41)43)51-34-50(54-52(55-51)38-17-7-4-8-18-38)45-23-12-9-19-40(45)36-15-5-3-6-16-36/h3-34H,1-2H3. The zero-order valence-corrected chi connectivity index (χ0v) is 30.9. The summed E-state index contributed by atoms with van der Waals surface area (Å²) in [5.41, 5.74) is 17.6. The van der Waals surface area contributed by atoms with Crippen molar-refractivity contribution in [3.8, 4) is 78.4 Å². The van der Waals surface area contributed by atoms with Crippen molar-refractivity contribution >= 4 is 10.8 Å². The van der Waals surface area contributed by atoms with Crippen LogP contribution in [0.2, 0.25) is 0 Å². The Hall–Kier alpha value is -6.90. The second-order valence-electron chi connectivity index (χ2n) is 15.0. The van der Waals surface area contributed by atoms with Crippen LogP contribution in [0.5, 0.6) is 0 Å². The Morgan fingerprint density at radius 1 is 0.309 bits per heavy atom. The number of rotatable bonds is 6. The first-order chi connectivity index (χ1) is 27.0. The van der Waals surface area contributed by atoms with Crippen LogP contribution in [0.15, 0.2) is 194 Å². The van der Waals surface area contributed by atoms with E-state index in [0.29, 0.717) is 5.82 Å². The molecule has 1 aliphatic carbocycles. The van der Waals surface area contributed by atoms with Crippen LogP contribution in [0.25, 0.3) is 89.2 Å². The molecule has 8 aromatic carbocycles. The summed E-state index contributed by atoms with van der Waals surface area (Å²) in [6.45, 7) is 4.66. The summed E-state index contributed by atoms with van der Waals surface area (Å²) in [6.07, 6.45) is 0. The maximum Gasteiger partial charge on any atom is 0.160 e. The molecule has 55 heavy (non-hydrogen) atoms. The smallest absolute Gasteiger partial charge is 0.160 e.